The second-order valence-corrected chi connectivity index (χ2v) is 2.33. The van der Waals surface area contributed by atoms with Crippen molar-refractivity contribution >= 4 is 5.70 Å². The van der Waals surface area contributed by atoms with Crippen molar-refractivity contribution in [2.24, 2.45) is 5.84 Å². The third-order valence-corrected chi connectivity index (χ3v) is 1.52. The number of hydrogen-bond donors (Lipinski definition) is 2. The molecule has 0 radical (unpaired) electrons. The molecule has 0 heterocycles. The lowest BCUT2D eigenvalue weighted by atomic mass is 10.1. The van der Waals surface area contributed by atoms with Crippen molar-refractivity contribution in [1.29, 1.82) is 0 Å². The van der Waals surface area contributed by atoms with Crippen molar-refractivity contribution in [2.75, 3.05) is 0 Å². The van der Waals surface area contributed by atoms with Crippen LogP contribution in [-0.2, 0) is 0 Å². The predicted molar refractivity (Wildman–Crippen MR) is 51.9 cm³/mol. The number of allylic oxidation sites excluding steroid dienone is 2. The summed E-state index contributed by atoms with van der Waals surface area (Å²) in [6.45, 7) is 3.60. The standard InChI is InChI=1S/C10H12N2/c1-2-6-10(12-11)9-7-4-3-5-8-9/h2-8,12H,1,11H2/b10-6-. The first-order valence-corrected chi connectivity index (χ1v) is 3.73. The van der Waals surface area contributed by atoms with Crippen molar-refractivity contribution in [2.45, 2.75) is 0 Å². The highest BCUT2D eigenvalue weighted by atomic mass is 15.2. The highest BCUT2D eigenvalue weighted by molar-refractivity contribution is 5.64. The van der Waals surface area contributed by atoms with Crippen LogP contribution in [0.3, 0.4) is 0 Å². The second-order valence-electron chi connectivity index (χ2n) is 2.33. The third-order valence-electron chi connectivity index (χ3n) is 1.52. The van der Waals surface area contributed by atoms with Gasteiger partial charge in [-0.3, -0.25) is 5.84 Å². The Morgan fingerprint density at radius 2 is 2.00 bits per heavy atom. The largest absolute Gasteiger partial charge is 0.324 e. The van der Waals surface area contributed by atoms with Crippen LogP contribution in [0.1, 0.15) is 5.56 Å². The summed E-state index contributed by atoms with van der Waals surface area (Å²) in [5.74, 6) is 5.32. The van der Waals surface area contributed by atoms with E-state index in [1.54, 1.807) is 6.08 Å². The fourth-order valence-electron chi connectivity index (χ4n) is 0.963. The molecule has 1 rings (SSSR count). The maximum absolute atomic E-state index is 5.32. The van der Waals surface area contributed by atoms with Crippen LogP contribution in [0.25, 0.3) is 5.70 Å². The fourth-order valence-corrected chi connectivity index (χ4v) is 0.963. The molecular weight excluding hydrogens is 148 g/mol. The SMILES string of the molecule is C=C/C=C(\NN)c1ccccc1. The van der Waals surface area contributed by atoms with E-state index in [2.05, 4.69) is 12.0 Å². The summed E-state index contributed by atoms with van der Waals surface area (Å²) >= 11 is 0. The zero-order chi connectivity index (χ0) is 8.81. The number of nitrogens with one attached hydrogen (secondary N) is 1. The quantitative estimate of drug-likeness (QED) is 0.401. The van der Waals surface area contributed by atoms with E-state index in [4.69, 9.17) is 5.84 Å². The Kier molecular flexibility index (Phi) is 3.11. The molecule has 0 aromatic heterocycles. The summed E-state index contributed by atoms with van der Waals surface area (Å²) in [6.07, 6.45) is 3.53. The van der Waals surface area contributed by atoms with Gasteiger partial charge in [-0.05, 0) is 11.6 Å². The summed E-state index contributed by atoms with van der Waals surface area (Å²) in [6, 6.07) is 9.85. The maximum atomic E-state index is 5.32. The van der Waals surface area contributed by atoms with Crippen LogP contribution in [0.15, 0.2) is 49.1 Å². The Bertz CT molecular complexity index is 275. The molecule has 0 aliphatic heterocycles. The minimum absolute atomic E-state index is 0.866. The average molecular weight is 160 g/mol. The normalized spacial score (nSPS) is 10.9. The zero-order valence-corrected chi connectivity index (χ0v) is 6.83. The highest BCUT2D eigenvalue weighted by Gasteiger charge is 1.94. The Morgan fingerprint density at radius 1 is 1.33 bits per heavy atom. The molecule has 0 saturated carbocycles. The Hall–Kier alpha value is -1.54. The molecule has 2 nitrogen and oxygen atoms in total. The molecule has 62 valence electrons. The first kappa shape index (κ1) is 8.56. The van der Waals surface area contributed by atoms with Gasteiger partial charge in [0.15, 0.2) is 0 Å². The molecule has 0 amide bonds. The van der Waals surface area contributed by atoms with Gasteiger partial charge < -0.3 is 5.43 Å². The second kappa shape index (κ2) is 4.36. The van der Waals surface area contributed by atoms with Crippen LogP contribution < -0.4 is 11.3 Å². The number of hydrazine groups is 1. The molecule has 0 aliphatic rings. The lowest BCUT2D eigenvalue weighted by Crippen LogP contribution is -2.19. The summed E-state index contributed by atoms with van der Waals surface area (Å²) < 4.78 is 0. The van der Waals surface area contributed by atoms with E-state index in [0.29, 0.717) is 0 Å². The van der Waals surface area contributed by atoms with Crippen molar-refractivity contribution in [3.63, 3.8) is 0 Å². The van der Waals surface area contributed by atoms with Gasteiger partial charge in [0.2, 0.25) is 0 Å². The van der Waals surface area contributed by atoms with Gasteiger partial charge in [-0.1, -0.05) is 43.0 Å². The smallest absolute Gasteiger partial charge is 0.0557 e. The molecule has 0 atom stereocenters. The summed E-state index contributed by atoms with van der Waals surface area (Å²) in [5, 5.41) is 0. The van der Waals surface area contributed by atoms with Gasteiger partial charge in [0.05, 0.1) is 5.70 Å². The monoisotopic (exact) mass is 160 g/mol. The van der Waals surface area contributed by atoms with Crippen molar-refractivity contribution in [3.8, 4) is 0 Å². The van der Waals surface area contributed by atoms with Gasteiger partial charge in [0.1, 0.15) is 0 Å². The summed E-state index contributed by atoms with van der Waals surface area (Å²) in [5.41, 5.74) is 4.53. The molecule has 0 aliphatic carbocycles. The van der Waals surface area contributed by atoms with E-state index in [1.165, 1.54) is 0 Å². The maximum Gasteiger partial charge on any atom is 0.0557 e. The van der Waals surface area contributed by atoms with E-state index < -0.39 is 0 Å². The lowest BCUT2D eigenvalue weighted by molar-refractivity contribution is 0.992. The molecule has 0 saturated heterocycles. The lowest BCUT2D eigenvalue weighted by Gasteiger charge is -2.04. The molecule has 1 aromatic carbocycles. The Morgan fingerprint density at radius 3 is 2.50 bits per heavy atom. The summed E-state index contributed by atoms with van der Waals surface area (Å²) in [4.78, 5) is 0. The van der Waals surface area contributed by atoms with E-state index in [1.807, 2.05) is 36.4 Å². The van der Waals surface area contributed by atoms with Crippen LogP contribution in [0.2, 0.25) is 0 Å². The first-order chi connectivity index (χ1) is 5.88. The van der Waals surface area contributed by atoms with Crippen molar-refractivity contribution in [1.82, 2.24) is 5.43 Å². The first-order valence-electron chi connectivity index (χ1n) is 3.73. The highest BCUT2D eigenvalue weighted by Crippen LogP contribution is 2.08. The molecule has 1 aromatic rings. The number of rotatable bonds is 3. The van der Waals surface area contributed by atoms with Crippen LogP contribution >= 0.6 is 0 Å². The minimum atomic E-state index is 0.866. The average Bonchev–Trinajstić information content (AvgIpc) is 2.15. The van der Waals surface area contributed by atoms with Crippen LogP contribution in [0.5, 0.6) is 0 Å². The van der Waals surface area contributed by atoms with Gasteiger partial charge >= 0.3 is 0 Å². The molecule has 0 bridgehead atoms. The molecular formula is C10H12N2. The van der Waals surface area contributed by atoms with Gasteiger partial charge in [0.25, 0.3) is 0 Å². The van der Waals surface area contributed by atoms with Crippen molar-refractivity contribution < 1.29 is 0 Å². The number of nitrogens with two attached hydrogens (primary N) is 1. The van der Waals surface area contributed by atoms with Crippen molar-refractivity contribution in [3.05, 3.63) is 54.6 Å². The third kappa shape index (κ3) is 1.97. The molecule has 0 unspecified atom stereocenters. The Labute approximate surface area is 72.4 Å². The topological polar surface area (TPSA) is 38.0 Å². The predicted octanol–water partition coefficient (Wildman–Crippen LogP) is 1.68. The molecule has 3 N–H and O–H groups in total. The van der Waals surface area contributed by atoms with Gasteiger partial charge in [-0.2, -0.15) is 0 Å². The van der Waals surface area contributed by atoms with Gasteiger partial charge in [-0.15, -0.1) is 0 Å². The van der Waals surface area contributed by atoms with Crippen LogP contribution in [-0.4, -0.2) is 0 Å². The van der Waals surface area contributed by atoms with Gasteiger partial charge in [-0.25, -0.2) is 0 Å². The zero-order valence-electron chi connectivity index (χ0n) is 6.83. The molecule has 0 fully saturated rings. The number of hydrogen-bond acceptors (Lipinski definition) is 2. The van der Waals surface area contributed by atoms with E-state index in [0.717, 1.165) is 11.3 Å². The van der Waals surface area contributed by atoms with E-state index in [-0.39, 0.29) is 0 Å². The molecule has 0 spiro atoms. The van der Waals surface area contributed by atoms with Crippen LogP contribution in [0, 0.1) is 0 Å². The van der Waals surface area contributed by atoms with Gasteiger partial charge in [0, 0.05) is 0 Å². The Balaban J connectivity index is 2.95. The van der Waals surface area contributed by atoms with E-state index >= 15 is 0 Å². The fraction of sp³-hybridized carbons (Fsp3) is 0. The van der Waals surface area contributed by atoms with E-state index in [9.17, 15) is 0 Å². The molecule has 12 heavy (non-hydrogen) atoms. The number of benzene rings is 1. The molecule has 2 heteroatoms. The summed E-state index contributed by atoms with van der Waals surface area (Å²) in [7, 11) is 0. The van der Waals surface area contributed by atoms with Crippen LogP contribution in [0.4, 0.5) is 0 Å². The minimum Gasteiger partial charge on any atom is -0.324 e.